The number of para-hydroxylation sites is 1. The van der Waals surface area contributed by atoms with E-state index in [0.717, 1.165) is 15.6 Å². The fraction of sp³-hybridized carbons (Fsp3) is 0.0323. The van der Waals surface area contributed by atoms with Crippen LogP contribution in [-0.2, 0) is 6.61 Å². The van der Waals surface area contributed by atoms with Gasteiger partial charge in [0, 0.05) is 10.4 Å². The van der Waals surface area contributed by atoms with Crippen LogP contribution < -0.4 is 10.3 Å². The van der Waals surface area contributed by atoms with E-state index in [2.05, 4.69) is 10.1 Å². The predicted molar refractivity (Wildman–Crippen MR) is 163 cm³/mol. The number of hydrogen-bond donors (Lipinski definition) is 1. The van der Waals surface area contributed by atoms with Crippen LogP contribution in [0.3, 0.4) is 0 Å². The molecule has 42 heavy (non-hydrogen) atoms. The predicted octanol–water partition coefficient (Wildman–Crippen LogP) is 7.93. The van der Waals surface area contributed by atoms with Gasteiger partial charge in [-0.15, -0.1) is 0 Å². The SMILES string of the molecule is O=C(O)c1ccc(COc2c(Cl)cc(C=Nn3c(-c4cc5cc(Cl)ccc5o4)nc4ccccc4c3=O)cc2Cl)cc1. The zero-order valence-electron chi connectivity index (χ0n) is 21.4. The van der Waals surface area contributed by atoms with E-state index < -0.39 is 11.5 Å². The molecule has 0 aliphatic rings. The van der Waals surface area contributed by atoms with Gasteiger partial charge in [0.1, 0.15) is 12.2 Å². The Morgan fingerprint density at radius 3 is 2.45 bits per heavy atom. The highest BCUT2D eigenvalue weighted by Crippen LogP contribution is 2.35. The number of benzene rings is 4. The lowest BCUT2D eigenvalue weighted by molar-refractivity contribution is 0.0697. The smallest absolute Gasteiger partial charge is 0.335 e. The summed E-state index contributed by atoms with van der Waals surface area (Å²) in [6.45, 7) is 0.122. The van der Waals surface area contributed by atoms with Crippen LogP contribution in [0.1, 0.15) is 21.5 Å². The van der Waals surface area contributed by atoms with Crippen molar-refractivity contribution in [2.75, 3.05) is 0 Å². The molecule has 0 aliphatic carbocycles. The van der Waals surface area contributed by atoms with Crippen molar-refractivity contribution in [2.45, 2.75) is 6.61 Å². The van der Waals surface area contributed by atoms with Crippen molar-refractivity contribution in [3.63, 3.8) is 0 Å². The van der Waals surface area contributed by atoms with Crippen molar-refractivity contribution >= 4 is 68.9 Å². The molecule has 0 aliphatic heterocycles. The molecule has 1 N–H and O–H groups in total. The Morgan fingerprint density at radius 2 is 1.71 bits per heavy atom. The maximum atomic E-state index is 13.5. The Balaban J connectivity index is 1.34. The highest BCUT2D eigenvalue weighted by molar-refractivity contribution is 6.37. The molecule has 4 aromatic carbocycles. The zero-order chi connectivity index (χ0) is 29.4. The molecule has 6 aromatic rings. The Kier molecular flexibility index (Phi) is 7.43. The minimum Gasteiger partial charge on any atom is -0.486 e. The second-order valence-corrected chi connectivity index (χ2v) is 10.5. The van der Waals surface area contributed by atoms with Gasteiger partial charge in [-0.25, -0.2) is 9.78 Å². The van der Waals surface area contributed by atoms with Crippen LogP contribution in [0, 0.1) is 0 Å². The Morgan fingerprint density at radius 1 is 0.976 bits per heavy atom. The number of carbonyl (C=O) groups is 1. The second kappa shape index (κ2) is 11.3. The van der Waals surface area contributed by atoms with E-state index in [1.807, 2.05) is 0 Å². The van der Waals surface area contributed by atoms with Crippen LogP contribution in [0.15, 0.2) is 99.2 Å². The Bertz CT molecular complexity index is 2060. The maximum Gasteiger partial charge on any atom is 0.335 e. The van der Waals surface area contributed by atoms with Crippen LogP contribution >= 0.6 is 34.8 Å². The first-order chi connectivity index (χ1) is 20.3. The van der Waals surface area contributed by atoms with E-state index >= 15 is 0 Å². The summed E-state index contributed by atoms with van der Waals surface area (Å²) < 4.78 is 13.0. The number of carboxylic acid groups (broad SMARTS) is 1. The maximum absolute atomic E-state index is 13.5. The van der Waals surface area contributed by atoms with Crippen molar-refractivity contribution in [2.24, 2.45) is 5.10 Å². The van der Waals surface area contributed by atoms with E-state index in [-0.39, 0.29) is 33.8 Å². The molecule has 8 nitrogen and oxygen atoms in total. The molecule has 0 amide bonds. The molecular formula is C31H18Cl3N3O5. The molecule has 208 valence electrons. The lowest BCUT2D eigenvalue weighted by atomic mass is 10.1. The molecule has 6 rings (SSSR count). The zero-order valence-corrected chi connectivity index (χ0v) is 23.7. The number of carboxylic acids is 1. The van der Waals surface area contributed by atoms with Gasteiger partial charge < -0.3 is 14.3 Å². The highest BCUT2D eigenvalue weighted by atomic mass is 35.5. The van der Waals surface area contributed by atoms with Gasteiger partial charge in [0.15, 0.2) is 11.5 Å². The summed E-state index contributed by atoms with van der Waals surface area (Å²) in [5, 5.41) is 15.6. The number of fused-ring (bicyclic) bond motifs is 2. The van der Waals surface area contributed by atoms with Crippen LogP contribution in [-0.4, -0.2) is 27.0 Å². The normalized spacial score (nSPS) is 11.5. The molecule has 0 atom stereocenters. The third kappa shape index (κ3) is 5.47. The molecule has 0 unspecified atom stereocenters. The van der Waals surface area contributed by atoms with Gasteiger partial charge in [0.2, 0.25) is 5.82 Å². The molecule has 0 bridgehead atoms. The molecule has 0 saturated carbocycles. The first kappa shape index (κ1) is 27.5. The first-order valence-corrected chi connectivity index (χ1v) is 13.6. The quantitative estimate of drug-likeness (QED) is 0.182. The van der Waals surface area contributed by atoms with Crippen molar-refractivity contribution in [1.29, 1.82) is 0 Å². The first-order valence-electron chi connectivity index (χ1n) is 12.5. The van der Waals surface area contributed by atoms with Gasteiger partial charge in [0.25, 0.3) is 5.56 Å². The minimum absolute atomic E-state index is 0.122. The fourth-order valence-corrected chi connectivity index (χ4v) is 5.12. The number of hydrogen-bond acceptors (Lipinski definition) is 6. The van der Waals surface area contributed by atoms with Crippen LogP contribution in [0.2, 0.25) is 15.1 Å². The second-order valence-electron chi connectivity index (χ2n) is 9.21. The third-order valence-corrected chi connectivity index (χ3v) is 7.18. The minimum atomic E-state index is -1.01. The number of rotatable bonds is 7. The summed E-state index contributed by atoms with van der Waals surface area (Å²) in [5.41, 5.74) is 2.10. The lowest BCUT2D eigenvalue weighted by Gasteiger charge is -2.11. The van der Waals surface area contributed by atoms with Gasteiger partial charge >= 0.3 is 5.97 Å². The molecule has 2 aromatic heterocycles. The van der Waals surface area contributed by atoms with Crippen molar-refractivity contribution < 1.29 is 19.1 Å². The number of aromatic nitrogens is 2. The molecule has 0 radical (unpaired) electrons. The van der Waals surface area contributed by atoms with Gasteiger partial charge in [-0.2, -0.15) is 9.78 Å². The van der Waals surface area contributed by atoms with E-state index in [1.54, 1.807) is 72.8 Å². The molecule has 2 heterocycles. The Labute approximate surface area is 253 Å². The summed E-state index contributed by atoms with van der Waals surface area (Å²) in [7, 11) is 0. The van der Waals surface area contributed by atoms with E-state index in [9.17, 15) is 9.59 Å². The van der Waals surface area contributed by atoms with Crippen molar-refractivity contribution in [3.05, 3.63) is 127 Å². The van der Waals surface area contributed by atoms with E-state index in [0.29, 0.717) is 32.8 Å². The number of furan rings is 1. The molecule has 11 heteroatoms. The third-order valence-electron chi connectivity index (χ3n) is 6.38. The van der Waals surface area contributed by atoms with E-state index in [1.165, 1.54) is 18.3 Å². The van der Waals surface area contributed by atoms with Crippen molar-refractivity contribution in [1.82, 2.24) is 9.66 Å². The summed E-state index contributed by atoms with van der Waals surface area (Å²) in [6, 6.07) is 23.4. The van der Waals surface area contributed by atoms with Gasteiger partial charge in [0.05, 0.1) is 32.7 Å². The van der Waals surface area contributed by atoms with Gasteiger partial charge in [-0.1, -0.05) is 59.1 Å². The monoisotopic (exact) mass is 617 g/mol. The number of halogens is 3. The average Bonchev–Trinajstić information content (AvgIpc) is 3.39. The summed E-state index contributed by atoms with van der Waals surface area (Å²) in [6.07, 6.45) is 1.44. The van der Waals surface area contributed by atoms with Crippen LogP contribution in [0.25, 0.3) is 33.5 Å². The van der Waals surface area contributed by atoms with Crippen LogP contribution in [0.4, 0.5) is 0 Å². The molecule has 0 spiro atoms. The Hall–Kier alpha value is -4.63. The molecule has 0 saturated heterocycles. The summed E-state index contributed by atoms with van der Waals surface area (Å²) in [5.74, 6) is -0.220. The number of nitrogens with zero attached hydrogens (tertiary/aromatic N) is 3. The topological polar surface area (TPSA) is 107 Å². The van der Waals surface area contributed by atoms with Gasteiger partial charge in [-0.3, -0.25) is 4.79 Å². The number of ether oxygens (including phenoxy) is 1. The lowest BCUT2D eigenvalue weighted by Crippen LogP contribution is -2.20. The standard InChI is InChI=1S/C31H18Cl3N3O5/c32-21-9-10-26-20(13-21)14-27(42-26)29-36-25-4-2-1-3-22(25)30(38)37(29)35-15-18-11-23(33)28(24(34)12-18)41-16-17-5-7-19(8-6-17)31(39)40/h1-15H,16H2,(H,39,40). The largest absolute Gasteiger partial charge is 0.486 e. The molecular weight excluding hydrogens is 601 g/mol. The van der Waals surface area contributed by atoms with E-state index in [4.69, 9.17) is 49.1 Å². The van der Waals surface area contributed by atoms with Crippen molar-refractivity contribution in [3.8, 4) is 17.3 Å². The average molecular weight is 619 g/mol. The number of aromatic carboxylic acids is 1. The molecule has 0 fully saturated rings. The summed E-state index contributed by atoms with van der Waals surface area (Å²) in [4.78, 5) is 29.3. The summed E-state index contributed by atoms with van der Waals surface area (Å²) >= 11 is 19.1. The van der Waals surface area contributed by atoms with Gasteiger partial charge in [-0.05, 0) is 71.8 Å². The highest BCUT2D eigenvalue weighted by Gasteiger charge is 2.17. The fourth-order valence-electron chi connectivity index (χ4n) is 4.33. The van der Waals surface area contributed by atoms with Crippen LogP contribution in [0.5, 0.6) is 5.75 Å².